The van der Waals surface area contributed by atoms with Gasteiger partial charge in [0.05, 0.1) is 37.0 Å². The van der Waals surface area contributed by atoms with Crippen molar-refractivity contribution in [3.05, 3.63) is 47.3 Å². The molecular weight excluding hydrogens is 474 g/mol. The van der Waals surface area contributed by atoms with Crippen LogP contribution in [0.4, 0.5) is 5.69 Å². The molecule has 3 aliphatic heterocycles. The third kappa shape index (κ3) is 4.53. The SMILES string of the molecule is CC(C)(O)c1ccc(N2CCN(S(=O)(=O)c3cccs3)C[C@@H]2CN2[C@H]3COC[C@@H]2[C@H](O)C3)cc1. The summed E-state index contributed by atoms with van der Waals surface area (Å²) in [5.41, 5.74) is 0.919. The quantitative estimate of drug-likeness (QED) is 0.615. The molecule has 1 aromatic heterocycles. The molecule has 2 bridgehead atoms. The molecule has 2 aromatic rings. The minimum atomic E-state index is -3.55. The van der Waals surface area contributed by atoms with E-state index in [1.165, 1.54) is 11.3 Å². The van der Waals surface area contributed by atoms with E-state index in [0.717, 1.165) is 11.3 Å². The van der Waals surface area contributed by atoms with Crippen LogP contribution in [0.1, 0.15) is 25.8 Å². The van der Waals surface area contributed by atoms with Crippen molar-refractivity contribution < 1.29 is 23.4 Å². The van der Waals surface area contributed by atoms with Crippen LogP contribution in [-0.2, 0) is 20.4 Å². The first-order valence-electron chi connectivity index (χ1n) is 11.8. The molecule has 10 heteroatoms. The molecule has 3 aliphatic rings. The van der Waals surface area contributed by atoms with E-state index in [-0.39, 0.29) is 18.1 Å². The topological polar surface area (TPSA) is 93.6 Å². The van der Waals surface area contributed by atoms with Crippen molar-refractivity contribution in [3.8, 4) is 0 Å². The average molecular weight is 508 g/mol. The predicted molar refractivity (Wildman–Crippen MR) is 132 cm³/mol. The molecule has 3 saturated heterocycles. The van der Waals surface area contributed by atoms with E-state index < -0.39 is 21.7 Å². The zero-order valence-electron chi connectivity index (χ0n) is 19.6. The standard InChI is InChI=1S/C24H33N3O5S2/c1-24(2,29)17-5-7-18(8-6-17)26-10-9-25(34(30,31)23-4-3-11-33-23)13-20(26)14-27-19-12-22(28)21(27)16-32-15-19/h3-8,11,19-22,28-29H,9-10,12-16H2,1-2H3/t19-,20-,21-,22-/m1/s1. The molecule has 8 nitrogen and oxygen atoms in total. The van der Waals surface area contributed by atoms with Crippen LogP contribution in [0, 0.1) is 0 Å². The lowest BCUT2D eigenvalue weighted by Gasteiger charge is -2.46. The van der Waals surface area contributed by atoms with Crippen LogP contribution < -0.4 is 4.90 Å². The third-order valence-corrected chi connectivity index (χ3v) is 10.6. The van der Waals surface area contributed by atoms with Gasteiger partial charge in [-0.2, -0.15) is 4.31 Å². The molecule has 5 rings (SSSR count). The first-order valence-corrected chi connectivity index (χ1v) is 14.1. The Morgan fingerprint density at radius 2 is 1.91 bits per heavy atom. The molecule has 0 amide bonds. The summed E-state index contributed by atoms with van der Waals surface area (Å²) in [6.45, 7) is 6.62. The maximum Gasteiger partial charge on any atom is 0.252 e. The highest BCUT2D eigenvalue weighted by Gasteiger charge is 2.46. The van der Waals surface area contributed by atoms with Gasteiger partial charge in [0, 0.05) is 37.9 Å². The van der Waals surface area contributed by atoms with E-state index in [0.29, 0.717) is 50.0 Å². The Morgan fingerprint density at radius 1 is 1.15 bits per heavy atom. The van der Waals surface area contributed by atoms with Crippen molar-refractivity contribution >= 4 is 27.0 Å². The minimum Gasteiger partial charge on any atom is -0.391 e. The molecule has 0 saturated carbocycles. The fourth-order valence-electron chi connectivity index (χ4n) is 5.43. The number of aliphatic hydroxyl groups is 2. The van der Waals surface area contributed by atoms with Crippen molar-refractivity contribution in [1.29, 1.82) is 0 Å². The van der Waals surface area contributed by atoms with Crippen LogP contribution in [0.5, 0.6) is 0 Å². The van der Waals surface area contributed by atoms with Crippen LogP contribution in [0.25, 0.3) is 0 Å². The monoisotopic (exact) mass is 507 g/mol. The van der Waals surface area contributed by atoms with Gasteiger partial charge in [-0.3, -0.25) is 4.90 Å². The van der Waals surface area contributed by atoms with Gasteiger partial charge >= 0.3 is 0 Å². The number of hydrogen-bond acceptors (Lipinski definition) is 8. The van der Waals surface area contributed by atoms with Crippen molar-refractivity contribution in [2.45, 2.75) is 54.3 Å². The zero-order chi connectivity index (χ0) is 24.1. The number of hydrogen-bond donors (Lipinski definition) is 2. The molecule has 34 heavy (non-hydrogen) atoms. The molecule has 4 heterocycles. The number of nitrogens with zero attached hydrogens (tertiary/aromatic N) is 3. The van der Waals surface area contributed by atoms with Crippen LogP contribution in [0.15, 0.2) is 46.0 Å². The number of sulfonamides is 1. The number of aliphatic hydroxyl groups excluding tert-OH is 1. The number of piperazine rings is 1. The molecule has 186 valence electrons. The predicted octanol–water partition coefficient (Wildman–Crippen LogP) is 1.69. The molecule has 0 spiro atoms. The number of anilines is 1. The Morgan fingerprint density at radius 3 is 2.56 bits per heavy atom. The van der Waals surface area contributed by atoms with Gasteiger partial charge in [-0.1, -0.05) is 18.2 Å². The molecular formula is C24H33N3O5S2. The van der Waals surface area contributed by atoms with Crippen molar-refractivity contribution in [3.63, 3.8) is 0 Å². The first kappa shape index (κ1) is 24.2. The van der Waals surface area contributed by atoms with Crippen molar-refractivity contribution in [2.24, 2.45) is 0 Å². The second-order valence-corrected chi connectivity index (χ2v) is 13.1. The summed E-state index contributed by atoms with van der Waals surface area (Å²) in [6.07, 6.45) is 0.274. The summed E-state index contributed by atoms with van der Waals surface area (Å²) < 4.78 is 34.2. The van der Waals surface area contributed by atoms with E-state index in [4.69, 9.17) is 4.74 Å². The van der Waals surface area contributed by atoms with Gasteiger partial charge in [0.1, 0.15) is 4.21 Å². The van der Waals surface area contributed by atoms with Gasteiger partial charge < -0.3 is 19.8 Å². The second kappa shape index (κ2) is 9.16. The summed E-state index contributed by atoms with van der Waals surface area (Å²) in [5, 5.41) is 22.7. The van der Waals surface area contributed by atoms with Crippen molar-refractivity contribution in [1.82, 2.24) is 9.21 Å². The highest BCUT2D eigenvalue weighted by atomic mass is 32.2. The number of rotatable bonds is 6. The van der Waals surface area contributed by atoms with Crippen molar-refractivity contribution in [2.75, 3.05) is 44.3 Å². The number of ether oxygens (including phenoxy) is 1. The maximum absolute atomic E-state index is 13.3. The van der Waals surface area contributed by atoms with Gasteiger partial charge in [0.15, 0.2) is 0 Å². The van der Waals surface area contributed by atoms with Crippen LogP contribution in [0.2, 0.25) is 0 Å². The average Bonchev–Trinajstić information content (AvgIpc) is 3.39. The Kier molecular flexibility index (Phi) is 6.52. The molecule has 4 atom stereocenters. The van der Waals surface area contributed by atoms with Crippen LogP contribution in [-0.4, -0.2) is 91.5 Å². The molecule has 0 aliphatic carbocycles. The molecule has 1 aromatic carbocycles. The molecule has 2 N–H and O–H groups in total. The normalized spacial score (nSPS) is 29.0. The Labute approximate surface area is 205 Å². The molecule has 3 fully saturated rings. The summed E-state index contributed by atoms with van der Waals surface area (Å²) >= 11 is 1.25. The Balaban J connectivity index is 1.42. The van der Waals surface area contributed by atoms with E-state index in [9.17, 15) is 18.6 Å². The van der Waals surface area contributed by atoms with E-state index in [1.54, 1.807) is 35.7 Å². The van der Waals surface area contributed by atoms with Gasteiger partial charge in [0.2, 0.25) is 0 Å². The zero-order valence-corrected chi connectivity index (χ0v) is 21.2. The molecule has 0 radical (unpaired) electrons. The van der Waals surface area contributed by atoms with Crippen LogP contribution >= 0.6 is 11.3 Å². The minimum absolute atomic E-state index is 0.0533. The number of fused-ring (bicyclic) bond motifs is 2. The summed E-state index contributed by atoms with van der Waals surface area (Å²) in [6, 6.07) is 11.3. The number of benzene rings is 1. The van der Waals surface area contributed by atoms with Gasteiger partial charge in [-0.05, 0) is 49.4 Å². The highest BCUT2D eigenvalue weighted by Crippen LogP contribution is 2.33. The van der Waals surface area contributed by atoms with E-state index in [1.807, 2.05) is 24.3 Å². The van der Waals surface area contributed by atoms with Gasteiger partial charge in [0.25, 0.3) is 10.0 Å². The van der Waals surface area contributed by atoms with E-state index >= 15 is 0 Å². The summed E-state index contributed by atoms with van der Waals surface area (Å²) in [7, 11) is -3.55. The largest absolute Gasteiger partial charge is 0.391 e. The number of morpholine rings is 1. The fraction of sp³-hybridized carbons (Fsp3) is 0.583. The summed E-state index contributed by atoms with van der Waals surface area (Å²) in [4.78, 5) is 4.59. The highest BCUT2D eigenvalue weighted by molar-refractivity contribution is 7.91. The lowest BCUT2D eigenvalue weighted by Crippen LogP contribution is -2.61. The summed E-state index contributed by atoms with van der Waals surface area (Å²) in [5.74, 6) is 0. The lowest BCUT2D eigenvalue weighted by atomic mass is 9.98. The fourth-order valence-corrected chi connectivity index (χ4v) is 8.04. The molecule has 0 unspecified atom stereocenters. The number of thiophene rings is 1. The smallest absolute Gasteiger partial charge is 0.252 e. The second-order valence-electron chi connectivity index (χ2n) is 10.0. The van der Waals surface area contributed by atoms with Gasteiger partial charge in [-0.25, -0.2) is 8.42 Å². The Hall–Kier alpha value is -1.53. The van der Waals surface area contributed by atoms with E-state index in [2.05, 4.69) is 9.80 Å². The maximum atomic E-state index is 13.3. The van der Waals surface area contributed by atoms with Crippen LogP contribution in [0.3, 0.4) is 0 Å². The third-order valence-electron chi connectivity index (χ3n) is 7.31. The Bertz CT molecular complexity index is 1080. The lowest BCUT2D eigenvalue weighted by molar-refractivity contribution is -0.0345. The first-order chi connectivity index (χ1) is 16.1. The van der Waals surface area contributed by atoms with Gasteiger partial charge in [-0.15, -0.1) is 11.3 Å².